The summed E-state index contributed by atoms with van der Waals surface area (Å²) in [6.45, 7) is 5.27. The highest BCUT2D eigenvalue weighted by Crippen LogP contribution is 2.16. The number of rotatable bonds is 8. The molecule has 0 radical (unpaired) electrons. The van der Waals surface area contributed by atoms with Gasteiger partial charge in [-0.1, -0.05) is 60.7 Å². The highest BCUT2D eigenvalue weighted by Gasteiger charge is 2.44. The lowest BCUT2D eigenvalue weighted by molar-refractivity contribution is -0.930. The van der Waals surface area contributed by atoms with E-state index in [1.807, 2.05) is 36.4 Å². The molecule has 1 atom stereocenters. The minimum atomic E-state index is -0.919. The number of nitrogens with one attached hydrogen (secondary N) is 2. The van der Waals surface area contributed by atoms with Crippen LogP contribution in [0.15, 0.2) is 60.7 Å². The fraction of sp³-hybridized carbons (Fsp3) is 0.364. The van der Waals surface area contributed by atoms with Crippen molar-refractivity contribution in [3.63, 3.8) is 0 Å². The lowest BCUT2D eigenvalue weighted by Crippen LogP contribution is -3.10. The normalized spacial score (nSPS) is 17.1. The van der Waals surface area contributed by atoms with Crippen molar-refractivity contribution in [3.8, 4) is 0 Å². The second-order valence-corrected chi connectivity index (χ2v) is 7.90. The number of urea groups is 1. The van der Waals surface area contributed by atoms with Gasteiger partial charge in [0.1, 0.15) is 31.3 Å². The molecule has 1 heterocycles. The number of imide groups is 1. The van der Waals surface area contributed by atoms with E-state index in [1.165, 1.54) is 11.1 Å². The fourth-order valence-electron chi connectivity index (χ4n) is 3.57. The molecule has 2 aromatic carbocycles. The van der Waals surface area contributed by atoms with Crippen LogP contribution in [0.4, 0.5) is 4.79 Å². The Morgan fingerprint density at radius 3 is 1.89 bits per heavy atom. The summed E-state index contributed by atoms with van der Waals surface area (Å²) in [5.41, 5.74) is 1.44. The minimum Gasteiger partial charge on any atom is -0.385 e. The number of aliphatic hydroxyl groups is 1. The smallest absolute Gasteiger partial charge is 0.325 e. The van der Waals surface area contributed by atoms with E-state index in [1.54, 1.807) is 13.8 Å². The number of hydrogen-bond donors (Lipinski definition) is 3. The van der Waals surface area contributed by atoms with Crippen molar-refractivity contribution in [2.75, 3.05) is 13.1 Å². The Kier molecular flexibility index (Phi) is 6.11. The van der Waals surface area contributed by atoms with E-state index in [9.17, 15) is 14.7 Å². The summed E-state index contributed by atoms with van der Waals surface area (Å²) in [6, 6.07) is 19.8. The van der Waals surface area contributed by atoms with Crippen LogP contribution in [0, 0.1) is 0 Å². The molecule has 2 aromatic rings. The van der Waals surface area contributed by atoms with Crippen LogP contribution in [0.3, 0.4) is 0 Å². The Morgan fingerprint density at radius 2 is 1.46 bits per heavy atom. The molecule has 0 saturated carbocycles. The maximum Gasteiger partial charge on any atom is 0.325 e. The first-order valence-corrected chi connectivity index (χ1v) is 9.59. The molecule has 1 fully saturated rings. The zero-order valence-corrected chi connectivity index (χ0v) is 16.4. The maximum atomic E-state index is 12.4. The summed E-state index contributed by atoms with van der Waals surface area (Å²) >= 11 is 0. The minimum absolute atomic E-state index is 0.00117. The molecular weight excluding hydrogens is 354 g/mol. The molecular formula is C22H28N3O3+. The molecule has 148 valence electrons. The molecule has 28 heavy (non-hydrogen) atoms. The number of hydrogen-bond acceptors (Lipinski definition) is 3. The van der Waals surface area contributed by atoms with Crippen LogP contribution in [0.5, 0.6) is 0 Å². The van der Waals surface area contributed by atoms with Crippen molar-refractivity contribution < 1.29 is 19.6 Å². The third kappa shape index (κ3) is 4.97. The predicted molar refractivity (Wildman–Crippen MR) is 106 cm³/mol. The largest absolute Gasteiger partial charge is 0.385 e. The van der Waals surface area contributed by atoms with E-state index in [0.717, 1.165) is 22.9 Å². The SMILES string of the molecule is CC1(C)NC(=O)N(CC(O)C[NH+](Cc2ccccc2)Cc2ccccc2)C1=O. The van der Waals surface area contributed by atoms with Gasteiger partial charge in [0.15, 0.2) is 0 Å². The highest BCUT2D eigenvalue weighted by atomic mass is 16.3. The van der Waals surface area contributed by atoms with Gasteiger partial charge < -0.3 is 15.3 Å². The van der Waals surface area contributed by atoms with Crippen molar-refractivity contribution in [2.24, 2.45) is 0 Å². The molecule has 3 amide bonds. The van der Waals surface area contributed by atoms with Crippen LogP contribution in [-0.4, -0.2) is 46.7 Å². The van der Waals surface area contributed by atoms with Gasteiger partial charge in [0.25, 0.3) is 5.91 Å². The molecule has 1 saturated heterocycles. The summed E-state index contributed by atoms with van der Waals surface area (Å²) in [4.78, 5) is 26.7. The van der Waals surface area contributed by atoms with Crippen LogP contribution in [0.1, 0.15) is 25.0 Å². The van der Waals surface area contributed by atoms with Gasteiger partial charge in [0.2, 0.25) is 0 Å². The van der Waals surface area contributed by atoms with Gasteiger partial charge in [-0.3, -0.25) is 9.69 Å². The van der Waals surface area contributed by atoms with E-state index in [2.05, 4.69) is 29.6 Å². The lowest BCUT2D eigenvalue weighted by Gasteiger charge is -2.25. The third-order valence-corrected chi connectivity index (χ3v) is 4.96. The van der Waals surface area contributed by atoms with Gasteiger partial charge in [-0.2, -0.15) is 0 Å². The van der Waals surface area contributed by atoms with Gasteiger partial charge >= 0.3 is 6.03 Å². The Morgan fingerprint density at radius 1 is 0.964 bits per heavy atom. The van der Waals surface area contributed by atoms with Gasteiger partial charge in [-0.25, -0.2) is 4.79 Å². The average molecular weight is 382 g/mol. The van der Waals surface area contributed by atoms with Gasteiger partial charge in [0, 0.05) is 11.1 Å². The number of benzene rings is 2. The Hall–Kier alpha value is -2.70. The molecule has 1 aliphatic heterocycles. The van der Waals surface area contributed by atoms with E-state index < -0.39 is 17.7 Å². The topological polar surface area (TPSA) is 74.1 Å². The van der Waals surface area contributed by atoms with E-state index in [-0.39, 0.29) is 12.5 Å². The van der Waals surface area contributed by atoms with E-state index in [4.69, 9.17) is 0 Å². The number of carbonyl (C=O) groups excluding carboxylic acids is 2. The van der Waals surface area contributed by atoms with Crippen LogP contribution >= 0.6 is 0 Å². The van der Waals surface area contributed by atoms with Gasteiger partial charge in [-0.05, 0) is 13.8 Å². The maximum absolute atomic E-state index is 12.4. The number of β-amino-alcohol motifs (C(OH)–C–C–N with tert-alkyl or cyclic N) is 1. The van der Waals surface area contributed by atoms with E-state index >= 15 is 0 Å². The average Bonchev–Trinajstić information content (AvgIpc) is 2.85. The number of aliphatic hydroxyl groups excluding tert-OH is 1. The van der Waals surface area contributed by atoms with Crippen LogP contribution in [0.25, 0.3) is 0 Å². The Bertz CT molecular complexity index is 767. The van der Waals surface area contributed by atoms with Crippen LogP contribution < -0.4 is 10.2 Å². The van der Waals surface area contributed by atoms with Gasteiger partial charge in [-0.15, -0.1) is 0 Å². The predicted octanol–water partition coefficient (Wildman–Crippen LogP) is 0.963. The second kappa shape index (κ2) is 8.54. The lowest BCUT2D eigenvalue weighted by atomic mass is 10.1. The Balaban J connectivity index is 1.67. The molecule has 6 heteroatoms. The van der Waals surface area contributed by atoms with E-state index in [0.29, 0.717) is 6.54 Å². The molecule has 0 aromatic heterocycles. The monoisotopic (exact) mass is 382 g/mol. The van der Waals surface area contributed by atoms with Crippen molar-refractivity contribution in [3.05, 3.63) is 71.8 Å². The van der Waals surface area contributed by atoms with Crippen LogP contribution in [0.2, 0.25) is 0 Å². The van der Waals surface area contributed by atoms with Crippen molar-refractivity contribution >= 4 is 11.9 Å². The quantitative estimate of drug-likeness (QED) is 0.596. The molecule has 1 aliphatic rings. The van der Waals surface area contributed by atoms with Crippen molar-refractivity contribution in [1.82, 2.24) is 10.2 Å². The third-order valence-electron chi connectivity index (χ3n) is 4.96. The number of nitrogens with zero attached hydrogens (tertiary/aromatic N) is 1. The zero-order valence-electron chi connectivity index (χ0n) is 16.4. The molecule has 3 rings (SSSR count). The summed E-state index contributed by atoms with van der Waals surface area (Å²) in [7, 11) is 0. The number of quaternary nitrogens is 1. The summed E-state index contributed by atoms with van der Waals surface area (Å²) in [5.74, 6) is -0.302. The van der Waals surface area contributed by atoms with Crippen molar-refractivity contribution in [2.45, 2.75) is 38.6 Å². The Labute approximate surface area is 165 Å². The summed E-state index contributed by atoms with van der Waals surface area (Å²) in [6.07, 6.45) is -0.800. The highest BCUT2D eigenvalue weighted by molar-refractivity contribution is 6.06. The molecule has 1 unspecified atom stereocenters. The first-order valence-electron chi connectivity index (χ1n) is 9.59. The number of carbonyl (C=O) groups is 2. The standard InChI is InChI=1S/C22H27N3O3/c1-22(2)20(27)25(21(28)23-22)16-19(26)15-24(13-17-9-5-3-6-10-17)14-18-11-7-4-8-12-18/h3-12,19,26H,13-16H2,1-2H3,(H,23,28)/p+1. The molecule has 0 spiro atoms. The molecule has 3 N–H and O–H groups in total. The molecule has 0 bridgehead atoms. The molecule has 6 nitrogen and oxygen atoms in total. The first kappa shape index (κ1) is 20.0. The van der Waals surface area contributed by atoms with Gasteiger partial charge in [0.05, 0.1) is 6.54 Å². The van der Waals surface area contributed by atoms with Crippen molar-refractivity contribution in [1.29, 1.82) is 0 Å². The fourth-order valence-corrected chi connectivity index (χ4v) is 3.57. The summed E-state index contributed by atoms with van der Waals surface area (Å²) in [5, 5.41) is 13.3. The number of amides is 3. The zero-order chi connectivity index (χ0) is 20.1. The first-order chi connectivity index (χ1) is 13.3. The second-order valence-electron chi connectivity index (χ2n) is 7.90. The molecule has 0 aliphatic carbocycles. The summed E-state index contributed by atoms with van der Waals surface area (Å²) < 4.78 is 0. The van der Waals surface area contributed by atoms with Crippen LogP contribution in [-0.2, 0) is 17.9 Å².